The van der Waals surface area contributed by atoms with Crippen LogP contribution in [0, 0.1) is 5.82 Å². The number of halogens is 3. The van der Waals surface area contributed by atoms with Gasteiger partial charge in [-0.05, 0) is 50.1 Å². The first kappa shape index (κ1) is 24.5. The van der Waals surface area contributed by atoms with E-state index >= 15 is 0 Å². The SMILES string of the molecule is CC(C)NC(=O)[C@@H](C)N(Cc1ccc(Cl)cc1Cl)C(=O)CSCc1ccccc1F. The topological polar surface area (TPSA) is 49.4 Å². The van der Waals surface area contributed by atoms with E-state index < -0.39 is 6.04 Å². The Hall–Kier alpha value is -1.76. The molecule has 0 aliphatic rings. The third-order valence-electron chi connectivity index (χ3n) is 4.39. The fourth-order valence-electron chi connectivity index (χ4n) is 2.77. The van der Waals surface area contributed by atoms with E-state index in [0.717, 1.165) is 0 Å². The number of carbonyl (C=O) groups excluding carboxylic acids is 2. The Kier molecular flexibility index (Phi) is 9.46. The molecular formula is C22H25Cl2FN2O2S. The zero-order valence-electron chi connectivity index (χ0n) is 17.1. The highest BCUT2D eigenvalue weighted by Gasteiger charge is 2.27. The van der Waals surface area contributed by atoms with E-state index in [4.69, 9.17) is 23.2 Å². The molecule has 2 aromatic carbocycles. The molecule has 1 N–H and O–H groups in total. The van der Waals surface area contributed by atoms with Crippen molar-refractivity contribution in [2.45, 2.75) is 45.2 Å². The Bertz CT molecular complexity index is 895. The minimum absolute atomic E-state index is 0.0496. The van der Waals surface area contributed by atoms with Crippen LogP contribution >= 0.6 is 35.0 Å². The lowest BCUT2D eigenvalue weighted by Gasteiger charge is -2.29. The van der Waals surface area contributed by atoms with Gasteiger partial charge in [0.2, 0.25) is 11.8 Å². The number of benzene rings is 2. The van der Waals surface area contributed by atoms with Gasteiger partial charge in [0.05, 0.1) is 5.75 Å². The van der Waals surface area contributed by atoms with Crippen LogP contribution < -0.4 is 5.32 Å². The van der Waals surface area contributed by atoms with Crippen LogP contribution in [0.5, 0.6) is 0 Å². The van der Waals surface area contributed by atoms with E-state index in [1.807, 2.05) is 13.8 Å². The number of nitrogens with zero attached hydrogens (tertiary/aromatic N) is 1. The molecule has 0 heterocycles. The highest BCUT2D eigenvalue weighted by molar-refractivity contribution is 7.99. The highest BCUT2D eigenvalue weighted by Crippen LogP contribution is 2.24. The van der Waals surface area contributed by atoms with Crippen molar-refractivity contribution in [3.63, 3.8) is 0 Å². The lowest BCUT2D eigenvalue weighted by atomic mass is 10.1. The molecule has 2 rings (SSSR count). The first-order valence-electron chi connectivity index (χ1n) is 9.54. The maximum Gasteiger partial charge on any atom is 0.242 e. The van der Waals surface area contributed by atoms with Crippen molar-refractivity contribution >= 4 is 46.8 Å². The highest BCUT2D eigenvalue weighted by atomic mass is 35.5. The van der Waals surface area contributed by atoms with Gasteiger partial charge >= 0.3 is 0 Å². The number of amides is 2. The fourth-order valence-corrected chi connectivity index (χ4v) is 4.13. The molecule has 0 saturated carbocycles. The van der Waals surface area contributed by atoms with Crippen LogP contribution in [0.4, 0.5) is 4.39 Å². The maximum absolute atomic E-state index is 13.8. The molecule has 0 aliphatic heterocycles. The molecule has 30 heavy (non-hydrogen) atoms. The van der Waals surface area contributed by atoms with Gasteiger partial charge in [-0.15, -0.1) is 11.8 Å². The third-order valence-corrected chi connectivity index (χ3v) is 5.95. The second-order valence-electron chi connectivity index (χ2n) is 7.18. The summed E-state index contributed by atoms with van der Waals surface area (Å²) >= 11 is 13.5. The molecule has 0 aromatic heterocycles. The predicted molar refractivity (Wildman–Crippen MR) is 122 cm³/mol. The molecule has 1 atom stereocenters. The molecule has 4 nitrogen and oxygen atoms in total. The van der Waals surface area contributed by atoms with E-state index in [-0.39, 0.29) is 36.0 Å². The Labute approximate surface area is 191 Å². The van der Waals surface area contributed by atoms with Crippen LogP contribution in [0.3, 0.4) is 0 Å². The summed E-state index contributed by atoms with van der Waals surface area (Å²) in [5.41, 5.74) is 1.23. The van der Waals surface area contributed by atoms with Gasteiger partial charge in [0, 0.05) is 28.4 Å². The van der Waals surface area contributed by atoms with E-state index in [1.54, 1.807) is 43.3 Å². The van der Waals surface area contributed by atoms with Gasteiger partial charge in [0.25, 0.3) is 0 Å². The molecular weight excluding hydrogens is 446 g/mol. The molecule has 0 unspecified atom stereocenters. The second kappa shape index (κ2) is 11.6. The van der Waals surface area contributed by atoms with Gasteiger partial charge in [0.1, 0.15) is 11.9 Å². The van der Waals surface area contributed by atoms with Gasteiger partial charge in [-0.3, -0.25) is 9.59 Å². The van der Waals surface area contributed by atoms with Crippen LogP contribution in [0.2, 0.25) is 10.0 Å². The van der Waals surface area contributed by atoms with Gasteiger partial charge in [-0.25, -0.2) is 4.39 Å². The summed E-state index contributed by atoms with van der Waals surface area (Å²) in [6.07, 6.45) is 0. The Balaban J connectivity index is 2.13. The van der Waals surface area contributed by atoms with Crippen LogP contribution in [0.15, 0.2) is 42.5 Å². The van der Waals surface area contributed by atoms with Crippen LogP contribution in [0.25, 0.3) is 0 Å². The number of hydrogen-bond acceptors (Lipinski definition) is 3. The largest absolute Gasteiger partial charge is 0.352 e. The minimum Gasteiger partial charge on any atom is -0.352 e. The van der Waals surface area contributed by atoms with E-state index in [0.29, 0.717) is 26.9 Å². The van der Waals surface area contributed by atoms with Crippen LogP contribution in [0.1, 0.15) is 31.9 Å². The van der Waals surface area contributed by atoms with E-state index in [1.165, 1.54) is 22.7 Å². The summed E-state index contributed by atoms with van der Waals surface area (Å²) < 4.78 is 13.8. The first-order chi connectivity index (χ1) is 14.2. The second-order valence-corrected chi connectivity index (χ2v) is 9.01. The number of nitrogens with one attached hydrogen (secondary N) is 1. The summed E-state index contributed by atoms with van der Waals surface area (Å²) in [5.74, 6) is -0.303. The van der Waals surface area contributed by atoms with Gasteiger partial charge in [0.15, 0.2) is 0 Å². The zero-order valence-corrected chi connectivity index (χ0v) is 19.5. The molecule has 0 radical (unpaired) electrons. The number of hydrogen-bond donors (Lipinski definition) is 1. The van der Waals surface area contributed by atoms with Crippen molar-refractivity contribution in [2.75, 3.05) is 5.75 Å². The van der Waals surface area contributed by atoms with Crippen LogP contribution in [-0.4, -0.2) is 34.6 Å². The molecule has 162 valence electrons. The molecule has 2 aromatic rings. The molecule has 2 amide bonds. The monoisotopic (exact) mass is 470 g/mol. The summed E-state index contributed by atoms with van der Waals surface area (Å²) in [6.45, 7) is 5.57. The third kappa shape index (κ3) is 7.18. The normalized spacial score (nSPS) is 12.0. The van der Waals surface area contributed by atoms with Crippen molar-refractivity contribution in [1.82, 2.24) is 10.2 Å². The maximum atomic E-state index is 13.8. The van der Waals surface area contributed by atoms with Crippen molar-refractivity contribution < 1.29 is 14.0 Å². The average Bonchev–Trinajstić information content (AvgIpc) is 2.67. The van der Waals surface area contributed by atoms with Crippen molar-refractivity contribution in [2.24, 2.45) is 0 Å². The van der Waals surface area contributed by atoms with Gasteiger partial charge in [-0.1, -0.05) is 47.5 Å². The van der Waals surface area contributed by atoms with E-state index in [2.05, 4.69) is 5.32 Å². The lowest BCUT2D eigenvalue weighted by Crippen LogP contribution is -2.49. The molecule has 8 heteroatoms. The number of rotatable bonds is 9. The molecule has 0 aliphatic carbocycles. The summed E-state index contributed by atoms with van der Waals surface area (Å²) in [6, 6.07) is 10.8. The standard InChI is InChI=1S/C22H25Cl2FN2O2S/c1-14(2)26-22(29)15(3)27(11-16-8-9-18(23)10-19(16)24)21(28)13-30-12-17-6-4-5-7-20(17)25/h4-10,14-15H,11-13H2,1-3H3,(H,26,29)/t15-/m1/s1. The van der Waals surface area contributed by atoms with E-state index in [9.17, 15) is 14.0 Å². The van der Waals surface area contributed by atoms with Crippen molar-refractivity contribution in [3.05, 3.63) is 69.5 Å². The average molecular weight is 471 g/mol. The summed E-state index contributed by atoms with van der Waals surface area (Å²) in [5, 5.41) is 3.75. The van der Waals surface area contributed by atoms with Crippen molar-refractivity contribution in [3.8, 4) is 0 Å². The minimum atomic E-state index is -0.694. The van der Waals surface area contributed by atoms with Crippen LogP contribution in [-0.2, 0) is 21.9 Å². The summed E-state index contributed by atoms with van der Waals surface area (Å²) in [4.78, 5) is 27.0. The Morgan fingerprint density at radius 3 is 2.43 bits per heavy atom. The lowest BCUT2D eigenvalue weighted by molar-refractivity contribution is -0.138. The molecule has 0 spiro atoms. The van der Waals surface area contributed by atoms with Crippen molar-refractivity contribution in [1.29, 1.82) is 0 Å². The fraction of sp³-hybridized carbons (Fsp3) is 0.364. The van der Waals surface area contributed by atoms with Gasteiger partial charge < -0.3 is 10.2 Å². The molecule has 0 saturated heterocycles. The number of thioether (sulfide) groups is 1. The quantitative estimate of drug-likeness (QED) is 0.540. The number of carbonyl (C=O) groups is 2. The molecule has 0 bridgehead atoms. The molecule has 0 fully saturated rings. The zero-order chi connectivity index (χ0) is 22.3. The first-order valence-corrected chi connectivity index (χ1v) is 11.4. The predicted octanol–water partition coefficient (Wildman–Crippen LogP) is 5.31. The summed E-state index contributed by atoms with van der Waals surface area (Å²) in [7, 11) is 0. The smallest absolute Gasteiger partial charge is 0.242 e. The van der Waals surface area contributed by atoms with Gasteiger partial charge in [-0.2, -0.15) is 0 Å². The Morgan fingerprint density at radius 2 is 1.80 bits per heavy atom. The Morgan fingerprint density at radius 1 is 1.10 bits per heavy atom.